The largest absolute Gasteiger partial charge is 0.305 e. The highest BCUT2D eigenvalue weighted by Gasteiger charge is 2.20. The fraction of sp³-hybridized carbons (Fsp3) is 0.136. The van der Waals surface area contributed by atoms with Crippen molar-refractivity contribution in [1.29, 1.82) is 0 Å². The number of benzene rings is 1. The zero-order valence-corrected chi connectivity index (χ0v) is 20.3. The first-order valence-electron chi connectivity index (χ1n) is 10.3. The van der Waals surface area contributed by atoms with Crippen LogP contribution in [0, 0.1) is 0 Å². The summed E-state index contributed by atoms with van der Waals surface area (Å²) in [4.78, 5) is 7.96. The van der Waals surface area contributed by atoms with Crippen LogP contribution in [0.1, 0.15) is 12.1 Å². The van der Waals surface area contributed by atoms with Crippen molar-refractivity contribution in [3.05, 3.63) is 78.8 Å². The van der Waals surface area contributed by atoms with Gasteiger partial charge in [-0.05, 0) is 30.3 Å². The summed E-state index contributed by atoms with van der Waals surface area (Å²) in [6.07, 6.45) is 0.524. The smallest absolute Gasteiger partial charge is 0.282 e. The maximum absolute atomic E-state index is 13.3. The lowest BCUT2D eigenvalue weighted by Crippen LogP contribution is -2.29. The number of halogens is 2. The second-order valence-electron chi connectivity index (χ2n) is 7.60. The van der Waals surface area contributed by atoms with E-state index in [-0.39, 0.29) is 21.4 Å². The average molecular weight is 535 g/mol. The molecule has 0 amide bonds. The third kappa shape index (κ3) is 5.72. The first kappa shape index (κ1) is 25.3. The minimum absolute atomic E-state index is 0.0279. The highest BCUT2D eigenvalue weighted by Crippen LogP contribution is 2.27. The normalized spacial score (nSPS) is 12.1. The first-order valence-corrected chi connectivity index (χ1v) is 13.9. The lowest BCUT2D eigenvalue weighted by Gasteiger charge is -2.10. The molecular weight excluding hydrogens is 514 g/mol. The molecule has 1 aromatic carbocycles. The van der Waals surface area contributed by atoms with Crippen LogP contribution >= 0.6 is 0 Å². The molecule has 0 bridgehead atoms. The number of aromatic nitrogens is 4. The molecule has 36 heavy (non-hydrogen) atoms. The molecule has 0 unspecified atom stereocenters. The van der Waals surface area contributed by atoms with Crippen LogP contribution in [0.2, 0.25) is 0 Å². The van der Waals surface area contributed by atoms with Crippen molar-refractivity contribution < 1.29 is 25.6 Å². The lowest BCUT2D eigenvalue weighted by molar-refractivity contribution is 0.145. The van der Waals surface area contributed by atoms with Crippen molar-refractivity contribution in [1.82, 2.24) is 25.2 Å². The highest BCUT2D eigenvalue weighted by atomic mass is 32.2. The number of rotatable bonds is 9. The topological polar surface area (TPSA) is 136 Å². The molecule has 2 N–H and O–H groups in total. The minimum Gasteiger partial charge on any atom is -0.305 e. The van der Waals surface area contributed by atoms with Crippen LogP contribution in [0.25, 0.3) is 17.1 Å². The number of nitrogens with zero attached hydrogens (tertiary/aromatic N) is 4. The molecule has 3 aromatic heterocycles. The second kappa shape index (κ2) is 10.1. The molecule has 4 aromatic rings. The molecule has 14 heteroatoms. The summed E-state index contributed by atoms with van der Waals surface area (Å²) in [7, 11) is -7.24. The highest BCUT2D eigenvalue weighted by molar-refractivity contribution is 7.91. The van der Waals surface area contributed by atoms with Gasteiger partial charge in [-0.1, -0.05) is 30.3 Å². The van der Waals surface area contributed by atoms with Crippen molar-refractivity contribution in [3.8, 4) is 17.1 Å². The summed E-state index contributed by atoms with van der Waals surface area (Å²) >= 11 is 0. The fourth-order valence-electron chi connectivity index (χ4n) is 3.16. The molecule has 3 heterocycles. The fourth-order valence-corrected chi connectivity index (χ4v) is 4.63. The number of hydrogen-bond donors (Lipinski definition) is 2. The molecule has 4 rings (SSSR count). The van der Waals surface area contributed by atoms with E-state index in [9.17, 15) is 25.6 Å². The molecule has 0 aliphatic heterocycles. The minimum atomic E-state index is -3.84. The number of alkyl halides is 2. The van der Waals surface area contributed by atoms with Crippen LogP contribution in [-0.2, 0) is 19.7 Å². The van der Waals surface area contributed by atoms with Gasteiger partial charge in [-0.25, -0.2) is 45.7 Å². The van der Waals surface area contributed by atoms with Crippen molar-refractivity contribution in [2.24, 2.45) is 0 Å². The quantitative estimate of drug-likeness (QED) is 0.311. The zero-order valence-electron chi connectivity index (χ0n) is 18.7. The van der Waals surface area contributed by atoms with Crippen molar-refractivity contribution in [2.45, 2.75) is 16.2 Å². The van der Waals surface area contributed by atoms with Gasteiger partial charge in [0.1, 0.15) is 17.4 Å². The van der Waals surface area contributed by atoms with Gasteiger partial charge in [0, 0.05) is 24.2 Å². The summed E-state index contributed by atoms with van der Waals surface area (Å²) in [5.74, 6) is -0.148. The van der Waals surface area contributed by atoms with Gasteiger partial charge < -0.3 is 5.43 Å². The predicted octanol–water partition coefficient (Wildman–Crippen LogP) is 3.02. The van der Waals surface area contributed by atoms with E-state index < -0.39 is 37.7 Å². The average Bonchev–Trinajstić information content (AvgIpc) is 3.30. The molecule has 0 spiro atoms. The van der Waals surface area contributed by atoms with Gasteiger partial charge in [0.15, 0.2) is 25.5 Å². The lowest BCUT2D eigenvalue weighted by atomic mass is 10.1. The molecule has 10 nitrogen and oxygen atoms in total. The van der Waals surface area contributed by atoms with Gasteiger partial charge in [-0.15, -0.1) is 0 Å². The maximum Gasteiger partial charge on any atom is 0.282 e. The Morgan fingerprint density at radius 2 is 1.61 bits per heavy atom. The summed E-state index contributed by atoms with van der Waals surface area (Å²) in [6.45, 7) is 0. The van der Waals surface area contributed by atoms with Gasteiger partial charge in [0.05, 0.1) is 15.5 Å². The van der Waals surface area contributed by atoms with E-state index >= 15 is 0 Å². The van der Waals surface area contributed by atoms with Crippen LogP contribution in [-0.4, -0.2) is 48.7 Å². The third-order valence-electron chi connectivity index (χ3n) is 4.96. The summed E-state index contributed by atoms with van der Waals surface area (Å²) < 4.78 is 76.2. The van der Waals surface area contributed by atoms with Crippen molar-refractivity contribution in [2.75, 3.05) is 17.6 Å². The first-order chi connectivity index (χ1) is 17.0. The van der Waals surface area contributed by atoms with E-state index in [1.54, 1.807) is 30.3 Å². The van der Waals surface area contributed by atoms with Gasteiger partial charge in [-0.3, -0.25) is 0 Å². The van der Waals surface area contributed by atoms with Crippen molar-refractivity contribution in [3.63, 3.8) is 0 Å². The summed E-state index contributed by atoms with van der Waals surface area (Å²) in [5, 5.41) is 3.94. The van der Waals surface area contributed by atoms with Gasteiger partial charge in [0.2, 0.25) is 0 Å². The molecule has 0 atom stereocenters. The molecule has 0 radical (unpaired) electrons. The second-order valence-corrected chi connectivity index (χ2v) is 11.6. The molecule has 0 saturated heterocycles. The Morgan fingerprint density at radius 1 is 0.917 bits per heavy atom. The predicted molar refractivity (Wildman–Crippen MR) is 128 cm³/mol. The van der Waals surface area contributed by atoms with Crippen LogP contribution < -0.4 is 10.9 Å². The van der Waals surface area contributed by atoms with E-state index in [2.05, 4.69) is 25.9 Å². The number of nitrogens with one attached hydrogen (secondary N) is 2. The zero-order chi connectivity index (χ0) is 25.9. The Hall–Kier alpha value is -3.75. The van der Waals surface area contributed by atoms with Crippen LogP contribution in [0.3, 0.4) is 0 Å². The Bertz CT molecular complexity index is 1560. The van der Waals surface area contributed by atoms with Crippen LogP contribution in [0.4, 0.5) is 14.6 Å². The monoisotopic (exact) mass is 534 g/mol. The number of hydrogen-bond acceptors (Lipinski definition) is 9. The Kier molecular flexibility index (Phi) is 7.10. The molecule has 0 fully saturated rings. The third-order valence-corrected chi connectivity index (χ3v) is 7.54. The Labute approximate surface area is 205 Å². The maximum atomic E-state index is 13.3. The van der Waals surface area contributed by atoms with E-state index in [4.69, 9.17) is 0 Å². The molecule has 188 valence electrons. The van der Waals surface area contributed by atoms with E-state index in [0.29, 0.717) is 11.3 Å². The van der Waals surface area contributed by atoms with E-state index in [1.807, 2.05) is 0 Å². The summed E-state index contributed by atoms with van der Waals surface area (Å²) in [6, 6.07) is 15.4. The van der Waals surface area contributed by atoms with Crippen molar-refractivity contribution >= 4 is 25.5 Å². The SMILES string of the molecule is CS(=O)(=O)c1ccc(NNCS(=O)(=O)c2ccc(-n3nc(C(F)F)cc3-c3ccccc3)nc2)nc1. The standard InChI is InChI=1S/C22H20F2N6O4S2/c1-35(31,32)16-7-9-20(25-12-16)28-27-14-36(33,34)17-8-10-21(26-13-17)30-19(11-18(29-30)22(23)24)15-5-3-2-4-6-15/h2-13,22,27H,14H2,1H3,(H,25,28). The number of anilines is 1. The Morgan fingerprint density at radius 3 is 2.19 bits per heavy atom. The van der Waals surface area contributed by atoms with Gasteiger partial charge >= 0.3 is 0 Å². The van der Waals surface area contributed by atoms with Crippen LogP contribution in [0.15, 0.2) is 82.8 Å². The van der Waals surface area contributed by atoms with Gasteiger partial charge in [-0.2, -0.15) is 5.10 Å². The van der Waals surface area contributed by atoms with Crippen LogP contribution in [0.5, 0.6) is 0 Å². The van der Waals surface area contributed by atoms with Gasteiger partial charge in [0.25, 0.3) is 6.43 Å². The molecule has 0 saturated carbocycles. The number of pyridine rings is 2. The number of hydrazine groups is 1. The van der Waals surface area contributed by atoms with E-state index in [0.717, 1.165) is 18.6 Å². The number of sulfone groups is 2. The summed E-state index contributed by atoms with van der Waals surface area (Å²) in [5.41, 5.74) is 5.69. The molecule has 0 aliphatic rings. The molecule has 0 aliphatic carbocycles. The Balaban J connectivity index is 1.49. The molecular formula is C22H20F2N6O4S2. The van der Waals surface area contributed by atoms with E-state index in [1.165, 1.54) is 35.0 Å².